The highest BCUT2D eigenvalue weighted by Crippen LogP contribution is 2.31. The summed E-state index contributed by atoms with van der Waals surface area (Å²) in [6.45, 7) is 0. The highest BCUT2D eigenvalue weighted by atomic mass is 32.2. The first-order valence-corrected chi connectivity index (χ1v) is 7.94. The van der Waals surface area contributed by atoms with Crippen molar-refractivity contribution in [3.63, 3.8) is 0 Å². The number of esters is 1. The zero-order valence-corrected chi connectivity index (χ0v) is 11.8. The van der Waals surface area contributed by atoms with Gasteiger partial charge in [0.25, 0.3) is 0 Å². The number of hydrogen-bond acceptors (Lipinski definition) is 4. The average molecular weight is 280 g/mol. The van der Waals surface area contributed by atoms with Gasteiger partial charge in [-0.3, -0.25) is 0 Å². The van der Waals surface area contributed by atoms with Crippen molar-refractivity contribution in [2.45, 2.75) is 24.2 Å². The summed E-state index contributed by atoms with van der Waals surface area (Å²) in [6, 6.07) is 4.63. The minimum absolute atomic E-state index is 0.134. The number of methoxy groups -OCH3 is 1. The number of hydrogen-bond donors (Lipinski definition) is 0. The average Bonchev–Trinajstić information content (AvgIpc) is 2.89. The van der Waals surface area contributed by atoms with Gasteiger partial charge < -0.3 is 4.74 Å². The van der Waals surface area contributed by atoms with E-state index in [0.717, 1.165) is 36.7 Å². The minimum atomic E-state index is -3.33. The lowest BCUT2D eigenvalue weighted by molar-refractivity contribution is 0.0600. The van der Waals surface area contributed by atoms with E-state index in [2.05, 4.69) is 6.08 Å². The summed E-state index contributed by atoms with van der Waals surface area (Å²) in [5.41, 5.74) is 2.18. The van der Waals surface area contributed by atoms with Gasteiger partial charge in [0.2, 0.25) is 0 Å². The fraction of sp³-hybridized carbons (Fsp3) is 0.357. The van der Waals surface area contributed by atoms with E-state index in [4.69, 9.17) is 4.74 Å². The highest BCUT2D eigenvalue weighted by molar-refractivity contribution is 7.90. The first-order valence-electron chi connectivity index (χ1n) is 6.05. The zero-order valence-electron chi connectivity index (χ0n) is 11.0. The van der Waals surface area contributed by atoms with Crippen molar-refractivity contribution in [1.82, 2.24) is 0 Å². The smallest absolute Gasteiger partial charge is 0.338 e. The largest absolute Gasteiger partial charge is 0.465 e. The molecule has 0 fully saturated rings. The Hall–Kier alpha value is -1.62. The second kappa shape index (κ2) is 5.17. The lowest BCUT2D eigenvalue weighted by Crippen LogP contribution is -2.08. The molecule has 19 heavy (non-hydrogen) atoms. The van der Waals surface area contributed by atoms with Crippen molar-refractivity contribution in [1.29, 1.82) is 0 Å². The molecule has 0 heterocycles. The van der Waals surface area contributed by atoms with E-state index < -0.39 is 15.8 Å². The number of carbonyl (C=O) groups excluding carboxylic acids is 1. The van der Waals surface area contributed by atoms with Gasteiger partial charge >= 0.3 is 5.97 Å². The van der Waals surface area contributed by atoms with Gasteiger partial charge in [0.15, 0.2) is 9.84 Å². The van der Waals surface area contributed by atoms with Gasteiger partial charge in [0.1, 0.15) is 0 Å². The molecule has 102 valence electrons. The van der Waals surface area contributed by atoms with Crippen LogP contribution in [0.2, 0.25) is 0 Å². The third-order valence-corrected chi connectivity index (χ3v) is 4.32. The van der Waals surface area contributed by atoms with Crippen LogP contribution in [-0.2, 0) is 14.6 Å². The lowest BCUT2D eigenvalue weighted by atomic mass is 9.99. The van der Waals surface area contributed by atoms with Gasteiger partial charge in [-0.15, -0.1) is 0 Å². The van der Waals surface area contributed by atoms with Crippen LogP contribution >= 0.6 is 0 Å². The Morgan fingerprint density at radius 3 is 2.58 bits per heavy atom. The molecule has 4 nitrogen and oxygen atoms in total. The zero-order chi connectivity index (χ0) is 14.0. The summed E-state index contributed by atoms with van der Waals surface area (Å²) in [5, 5.41) is 0. The number of benzene rings is 1. The third-order valence-electron chi connectivity index (χ3n) is 3.21. The Labute approximate surface area is 113 Å². The van der Waals surface area contributed by atoms with Crippen LogP contribution in [0.1, 0.15) is 35.2 Å². The van der Waals surface area contributed by atoms with E-state index in [1.165, 1.54) is 19.2 Å². The molecule has 5 heteroatoms. The van der Waals surface area contributed by atoms with Gasteiger partial charge in [-0.25, -0.2) is 13.2 Å². The van der Waals surface area contributed by atoms with E-state index in [0.29, 0.717) is 5.56 Å². The standard InChI is InChI=1S/C14H16O4S/c1-18-14(15)13-9-11(19(2,16)17)7-8-12(13)10-5-3-4-6-10/h5,7-9H,3-4,6H2,1-2H3. The van der Waals surface area contributed by atoms with Crippen molar-refractivity contribution in [3.8, 4) is 0 Å². The number of ether oxygens (including phenoxy) is 1. The monoisotopic (exact) mass is 280 g/mol. The molecule has 0 unspecified atom stereocenters. The fourth-order valence-electron chi connectivity index (χ4n) is 2.23. The molecule has 1 aliphatic rings. The fourth-order valence-corrected chi connectivity index (χ4v) is 2.88. The molecule has 0 bridgehead atoms. The van der Waals surface area contributed by atoms with Gasteiger partial charge in [0.05, 0.1) is 17.6 Å². The van der Waals surface area contributed by atoms with Gasteiger partial charge in [-0.2, -0.15) is 0 Å². The second-order valence-electron chi connectivity index (χ2n) is 4.59. The van der Waals surface area contributed by atoms with Crippen LogP contribution in [0, 0.1) is 0 Å². The minimum Gasteiger partial charge on any atom is -0.465 e. The molecular weight excluding hydrogens is 264 g/mol. The van der Waals surface area contributed by atoms with E-state index in [1.54, 1.807) is 6.07 Å². The molecule has 0 N–H and O–H groups in total. The van der Waals surface area contributed by atoms with Gasteiger partial charge in [0, 0.05) is 6.26 Å². The highest BCUT2D eigenvalue weighted by Gasteiger charge is 2.19. The van der Waals surface area contributed by atoms with Crippen LogP contribution in [0.3, 0.4) is 0 Å². The molecule has 1 aliphatic carbocycles. The number of rotatable bonds is 3. The number of carbonyl (C=O) groups is 1. The van der Waals surface area contributed by atoms with Crippen molar-refractivity contribution in [2.24, 2.45) is 0 Å². The molecule has 0 spiro atoms. The van der Waals surface area contributed by atoms with E-state index >= 15 is 0 Å². The van der Waals surface area contributed by atoms with Gasteiger partial charge in [-0.1, -0.05) is 12.1 Å². The predicted molar refractivity (Wildman–Crippen MR) is 72.7 cm³/mol. The maximum atomic E-state index is 11.8. The molecule has 0 aliphatic heterocycles. The van der Waals surface area contributed by atoms with Crippen LogP contribution < -0.4 is 0 Å². The predicted octanol–water partition coefficient (Wildman–Crippen LogP) is 2.44. The van der Waals surface area contributed by atoms with Crippen LogP contribution in [-0.4, -0.2) is 27.8 Å². The summed E-state index contributed by atoms with van der Waals surface area (Å²) in [4.78, 5) is 12.0. The first kappa shape index (κ1) is 13.8. The molecule has 0 amide bonds. The molecule has 1 aromatic rings. The van der Waals surface area contributed by atoms with Gasteiger partial charge in [-0.05, 0) is 42.5 Å². The Bertz CT molecular complexity index is 641. The maximum Gasteiger partial charge on any atom is 0.338 e. The van der Waals surface area contributed by atoms with E-state index in [-0.39, 0.29) is 4.90 Å². The van der Waals surface area contributed by atoms with Crippen molar-refractivity contribution >= 4 is 21.4 Å². The third kappa shape index (κ3) is 2.87. The SMILES string of the molecule is COC(=O)c1cc(S(C)(=O)=O)ccc1C1=CCCC1. The normalized spacial score (nSPS) is 15.2. The van der Waals surface area contributed by atoms with Crippen molar-refractivity contribution < 1.29 is 17.9 Å². The summed E-state index contributed by atoms with van der Waals surface area (Å²) < 4.78 is 27.9. The molecular formula is C14H16O4S. The van der Waals surface area contributed by atoms with Crippen LogP contribution in [0.4, 0.5) is 0 Å². The lowest BCUT2D eigenvalue weighted by Gasteiger charge is -2.10. The first-order chi connectivity index (χ1) is 8.93. The Balaban J connectivity index is 2.58. The second-order valence-corrected chi connectivity index (χ2v) is 6.61. The van der Waals surface area contributed by atoms with E-state index in [1.807, 2.05) is 0 Å². The number of allylic oxidation sites excluding steroid dienone is 2. The van der Waals surface area contributed by atoms with Crippen LogP contribution in [0.25, 0.3) is 5.57 Å². The topological polar surface area (TPSA) is 60.4 Å². The van der Waals surface area contributed by atoms with E-state index in [9.17, 15) is 13.2 Å². The van der Waals surface area contributed by atoms with Crippen LogP contribution in [0.15, 0.2) is 29.2 Å². The summed E-state index contributed by atoms with van der Waals surface area (Å²) in [6.07, 6.45) is 6.16. The van der Waals surface area contributed by atoms with Crippen LogP contribution in [0.5, 0.6) is 0 Å². The summed E-state index contributed by atoms with van der Waals surface area (Å²) in [7, 11) is -2.04. The maximum absolute atomic E-state index is 11.8. The Kier molecular flexibility index (Phi) is 3.75. The Morgan fingerprint density at radius 2 is 2.05 bits per heavy atom. The Morgan fingerprint density at radius 1 is 1.32 bits per heavy atom. The summed E-state index contributed by atoms with van der Waals surface area (Å²) in [5.74, 6) is -0.506. The molecule has 0 saturated heterocycles. The van der Waals surface area contributed by atoms with Crippen molar-refractivity contribution in [2.75, 3.05) is 13.4 Å². The van der Waals surface area contributed by atoms with Crippen molar-refractivity contribution in [3.05, 3.63) is 35.4 Å². The molecule has 1 aromatic carbocycles. The molecule has 0 atom stereocenters. The number of sulfone groups is 1. The summed E-state index contributed by atoms with van der Waals surface area (Å²) >= 11 is 0. The molecule has 0 aromatic heterocycles. The quantitative estimate of drug-likeness (QED) is 0.798. The molecule has 0 radical (unpaired) electrons. The molecule has 0 saturated carbocycles. The molecule has 2 rings (SSSR count).